The maximum atomic E-state index is 12.6. The molecule has 23 heavy (non-hydrogen) atoms. The molecule has 0 fully saturated rings. The smallest absolute Gasteiger partial charge is 0.257 e. The first-order valence-electron chi connectivity index (χ1n) is 7.18. The minimum atomic E-state index is -3.22. The van der Waals surface area contributed by atoms with Gasteiger partial charge in [-0.15, -0.1) is 0 Å². The van der Waals surface area contributed by atoms with Crippen molar-refractivity contribution in [2.24, 2.45) is 7.05 Å². The molecule has 1 atom stereocenters. The highest BCUT2D eigenvalue weighted by molar-refractivity contribution is 7.90. The summed E-state index contributed by atoms with van der Waals surface area (Å²) < 4.78 is 24.7. The van der Waals surface area contributed by atoms with E-state index in [0.717, 1.165) is 11.3 Å². The van der Waals surface area contributed by atoms with Crippen LogP contribution >= 0.6 is 0 Å². The van der Waals surface area contributed by atoms with Gasteiger partial charge in [-0.2, -0.15) is 5.10 Å². The quantitative estimate of drug-likeness (QED) is 0.856. The summed E-state index contributed by atoms with van der Waals surface area (Å²) in [4.78, 5) is 14.5. The summed E-state index contributed by atoms with van der Waals surface area (Å²) in [5, 5.41) is 4.09. The van der Waals surface area contributed by atoms with Crippen LogP contribution in [0.3, 0.4) is 0 Å². The van der Waals surface area contributed by atoms with Gasteiger partial charge in [-0.05, 0) is 31.5 Å². The molecule has 0 aliphatic heterocycles. The lowest BCUT2D eigenvalue weighted by Gasteiger charge is -2.25. The van der Waals surface area contributed by atoms with E-state index in [0.29, 0.717) is 5.56 Å². The number of nitrogens with zero attached hydrogens (tertiary/aromatic N) is 3. The second kappa shape index (κ2) is 6.16. The fraction of sp³-hybridized carbons (Fsp3) is 0.375. The largest absolute Gasteiger partial charge is 0.335 e. The number of hydrogen-bond donors (Lipinski definition) is 0. The molecule has 0 radical (unpaired) electrons. The molecule has 7 heteroatoms. The maximum absolute atomic E-state index is 12.6. The minimum absolute atomic E-state index is 0.115. The molecule has 0 bridgehead atoms. The van der Waals surface area contributed by atoms with Gasteiger partial charge in [0.1, 0.15) is 0 Å². The van der Waals surface area contributed by atoms with E-state index in [9.17, 15) is 13.2 Å². The van der Waals surface area contributed by atoms with Crippen LogP contribution in [0.4, 0.5) is 0 Å². The van der Waals surface area contributed by atoms with Gasteiger partial charge in [-0.3, -0.25) is 9.48 Å². The van der Waals surface area contributed by atoms with Gasteiger partial charge in [0, 0.05) is 26.0 Å². The lowest BCUT2D eigenvalue weighted by Crippen LogP contribution is -2.30. The molecule has 0 spiro atoms. The van der Waals surface area contributed by atoms with Crippen LogP contribution in [0.2, 0.25) is 0 Å². The highest BCUT2D eigenvalue weighted by atomic mass is 32.2. The van der Waals surface area contributed by atoms with Crippen molar-refractivity contribution >= 4 is 15.7 Å². The van der Waals surface area contributed by atoms with Crippen molar-refractivity contribution in [3.63, 3.8) is 0 Å². The zero-order valence-corrected chi connectivity index (χ0v) is 14.8. The van der Waals surface area contributed by atoms with Crippen molar-refractivity contribution in [3.8, 4) is 0 Å². The van der Waals surface area contributed by atoms with Crippen molar-refractivity contribution in [1.82, 2.24) is 14.7 Å². The molecule has 0 aliphatic rings. The average molecular weight is 335 g/mol. The minimum Gasteiger partial charge on any atom is -0.335 e. The molecule has 1 aromatic carbocycles. The predicted octanol–water partition coefficient (Wildman–Crippen LogP) is 1.97. The Morgan fingerprint density at radius 3 is 2.26 bits per heavy atom. The monoisotopic (exact) mass is 335 g/mol. The van der Waals surface area contributed by atoms with Crippen LogP contribution in [0, 0.1) is 6.92 Å². The number of rotatable bonds is 4. The summed E-state index contributed by atoms with van der Waals surface area (Å²) in [6, 6.07) is 6.42. The first kappa shape index (κ1) is 17.2. The average Bonchev–Trinajstić information content (AvgIpc) is 2.84. The first-order valence-corrected chi connectivity index (χ1v) is 9.08. The molecular formula is C16H21N3O3S. The highest BCUT2D eigenvalue weighted by Gasteiger charge is 2.22. The third kappa shape index (κ3) is 3.44. The molecule has 1 heterocycles. The van der Waals surface area contributed by atoms with Crippen LogP contribution in [0.1, 0.15) is 34.6 Å². The third-order valence-electron chi connectivity index (χ3n) is 4.16. The molecule has 0 N–H and O–H groups in total. The number of benzene rings is 1. The lowest BCUT2D eigenvalue weighted by molar-refractivity contribution is 0.0741. The van der Waals surface area contributed by atoms with Crippen LogP contribution in [0.15, 0.2) is 35.4 Å². The molecule has 1 unspecified atom stereocenters. The van der Waals surface area contributed by atoms with E-state index >= 15 is 0 Å². The fourth-order valence-corrected chi connectivity index (χ4v) is 2.92. The van der Waals surface area contributed by atoms with E-state index in [-0.39, 0.29) is 16.8 Å². The number of hydrogen-bond acceptors (Lipinski definition) is 4. The second-order valence-electron chi connectivity index (χ2n) is 5.70. The van der Waals surface area contributed by atoms with Crippen LogP contribution in [-0.4, -0.2) is 42.3 Å². The Morgan fingerprint density at radius 2 is 1.83 bits per heavy atom. The Morgan fingerprint density at radius 1 is 1.26 bits per heavy atom. The molecule has 1 amide bonds. The van der Waals surface area contributed by atoms with Gasteiger partial charge in [-0.1, -0.05) is 12.1 Å². The van der Waals surface area contributed by atoms with Gasteiger partial charge in [0.2, 0.25) is 0 Å². The van der Waals surface area contributed by atoms with Crippen molar-refractivity contribution in [3.05, 3.63) is 47.3 Å². The normalized spacial score (nSPS) is 12.9. The molecule has 1 aromatic heterocycles. The van der Waals surface area contributed by atoms with E-state index < -0.39 is 9.84 Å². The summed E-state index contributed by atoms with van der Waals surface area (Å²) in [5.41, 5.74) is 2.24. The standard InChI is InChI=1S/C16H21N3O3S/c1-11(13-6-8-14(9-7-13)23(5,21)22)18(3)16(20)15-10-17-19(4)12(15)2/h6-11H,1-5H3. The van der Waals surface area contributed by atoms with Crippen LogP contribution in [0.5, 0.6) is 0 Å². The molecule has 2 aromatic rings. The van der Waals surface area contributed by atoms with Gasteiger partial charge < -0.3 is 4.90 Å². The zero-order chi connectivity index (χ0) is 17.4. The Hall–Kier alpha value is -2.15. The van der Waals surface area contributed by atoms with E-state index in [1.54, 1.807) is 54.1 Å². The summed E-state index contributed by atoms with van der Waals surface area (Å²) in [7, 11) is 0.298. The molecule has 0 saturated carbocycles. The number of carbonyl (C=O) groups is 1. The topological polar surface area (TPSA) is 72.3 Å². The van der Waals surface area contributed by atoms with Crippen LogP contribution in [-0.2, 0) is 16.9 Å². The summed E-state index contributed by atoms with van der Waals surface area (Å²) in [6.07, 6.45) is 2.74. The van der Waals surface area contributed by atoms with Crippen LogP contribution < -0.4 is 0 Å². The zero-order valence-electron chi connectivity index (χ0n) is 13.9. The molecule has 124 valence electrons. The number of carbonyl (C=O) groups excluding carboxylic acids is 1. The van der Waals surface area contributed by atoms with Gasteiger partial charge in [0.05, 0.1) is 22.7 Å². The summed E-state index contributed by atoms with van der Waals surface area (Å²) in [6.45, 7) is 3.75. The van der Waals surface area contributed by atoms with Crippen molar-refractivity contribution in [1.29, 1.82) is 0 Å². The van der Waals surface area contributed by atoms with E-state index in [1.807, 2.05) is 13.8 Å². The lowest BCUT2D eigenvalue weighted by atomic mass is 10.1. The second-order valence-corrected chi connectivity index (χ2v) is 7.72. The molecule has 2 rings (SSSR count). The fourth-order valence-electron chi connectivity index (χ4n) is 2.29. The number of sulfone groups is 1. The van der Waals surface area contributed by atoms with Gasteiger partial charge in [-0.25, -0.2) is 8.42 Å². The Bertz CT molecular complexity index is 823. The number of aryl methyl sites for hydroxylation is 1. The summed E-state index contributed by atoms with van der Waals surface area (Å²) >= 11 is 0. The SMILES string of the molecule is Cc1c(C(=O)N(C)C(C)c2ccc(S(C)(=O)=O)cc2)cnn1C. The van der Waals surface area contributed by atoms with Crippen molar-refractivity contribution < 1.29 is 13.2 Å². The molecule has 0 saturated heterocycles. The first-order chi connectivity index (χ1) is 10.6. The maximum Gasteiger partial charge on any atom is 0.257 e. The number of aromatic nitrogens is 2. The molecule has 6 nitrogen and oxygen atoms in total. The third-order valence-corrected chi connectivity index (χ3v) is 5.29. The van der Waals surface area contributed by atoms with E-state index in [2.05, 4.69) is 5.10 Å². The van der Waals surface area contributed by atoms with Crippen molar-refractivity contribution in [2.45, 2.75) is 24.8 Å². The number of amides is 1. The Balaban J connectivity index is 2.24. The summed E-state index contributed by atoms with van der Waals surface area (Å²) in [5.74, 6) is -0.115. The molecular weight excluding hydrogens is 314 g/mol. The van der Waals surface area contributed by atoms with Crippen LogP contribution in [0.25, 0.3) is 0 Å². The Labute approximate surface area is 136 Å². The Kier molecular flexibility index (Phi) is 4.61. The van der Waals surface area contributed by atoms with Gasteiger partial charge >= 0.3 is 0 Å². The van der Waals surface area contributed by atoms with Gasteiger partial charge in [0.15, 0.2) is 9.84 Å². The van der Waals surface area contributed by atoms with E-state index in [1.165, 1.54) is 6.26 Å². The van der Waals surface area contributed by atoms with Crippen molar-refractivity contribution in [2.75, 3.05) is 13.3 Å². The van der Waals surface area contributed by atoms with E-state index in [4.69, 9.17) is 0 Å². The predicted molar refractivity (Wildman–Crippen MR) is 88.0 cm³/mol. The molecule has 0 aliphatic carbocycles. The van der Waals surface area contributed by atoms with Gasteiger partial charge in [0.25, 0.3) is 5.91 Å². The highest BCUT2D eigenvalue weighted by Crippen LogP contribution is 2.23.